The average molecular weight is 518 g/mol. The van der Waals surface area contributed by atoms with Gasteiger partial charge in [0.1, 0.15) is 0 Å². The zero-order chi connectivity index (χ0) is 24.2. The summed E-state index contributed by atoms with van der Waals surface area (Å²) in [7, 11) is 1.61. The van der Waals surface area contributed by atoms with E-state index in [1.54, 1.807) is 13.3 Å². The number of benzene rings is 2. The third-order valence-corrected chi connectivity index (χ3v) is 7.07. The number of halogens is 1. The molecule has 0 aliphatic heterocycles. The minimum Gasteiger partial charge on any atom is -0.493 e. The summed E-state index contributed by atoms with van der Waals surface area (Å²) in [6.07, 6.45) is 6.18. The number of carbonyl (C=O) groups is 1. The van der Waals surface area contributed by atoms with Gasteiger partial charge in [0.05, 0.1) is 31.4 Å². The number of thiazole rings is 1. The number of ether oxygens (including phenoxy) is 2. The molecule has 0 aliphatic carbocycles. The average Bonchev–Trinajstić information content (AvgIpc) is 3.32. The first kappa shape index (κ1) is 26.1. The van der Waals surface area contributed by atoms with Crippen molar-refractivity contribution in [1.29, 1.82) is 0 Å². The second-order valence-electron chi connectivity index (χ2n) is 7.41. The van der Waals surface area contributed by atoms with Crippen molar-refractivity contribution in [1.82, 2.24) is 10.4 Å². The number of thioether (sulfide) groups is 1. The molecule has 0 saturated heterocycles. The Kier molecular flexibility index (Phi) is 10.7. The number of rotatable bonds is 13. The summed E-state index contributed by atoms with van der Waals surface area (Å²) < 4.78 is 12.1. The van der Waals surface area contributed by atoms with Crippen LogP contribution >= 0.6 is 34.7 Å². The highest BCUT2D eigenvalue weighted by Gasteiger charge is 2.08. The van der Waals surface area contributed by atoms with Crippen LogP contribution in [0, 0.1) is 0 Å². The van der Waals surface area contributed by atoms with E-state index < -0.39 is 0 Å². The second-order valence-corrected chi connectivity index (χ2v) is 9.92. The first-order valence-corrected chi connectivity index (χ1v) is 13.3. The summed E-state index contributed by atoms with van der Waals surface area (Å²) in [5, 5.41) is 6.70. The molecule has 0 atom stereocenters. The molecule has 3 rings (SSSR count). The van der Waals surface area contributed by atoms with Gasteiger partial charge in [0.25, 0.3) is 5.91 Å². The number of hydrogen-bond donors (Lipinski definition) is 1. The third-order valence-electron chi connectivity index (χ3n) is 4.80. The number of amides is 1. The van der Waals surface area contributed by atoms with E-state index in [0.29, 0.717) is 23.1 Å². The third kappa shape index (κ3) is 8.34. The Morgan fingerprint density at radius 2 is 2.00 bits per heavy atom. The zero-order valence-corrected chi connectivity index (χ0v) is 21.6. The van der Waals surface area contributed by atoms with Crippen LogP contribution in [-0.2, 0) is 4.79 Å². The van der Waals surface area contributed by atoms with Crippen molar-refractivity contribution in [2.45, 2.75) is 36.9 Å². The zero-order valence-electron chi connectivity index (χ0n) is 19.3. The minimum atomic E-state index is -0.205. The molecule has 0 radical (unpaired) electrons. The molecule has 0 unspecified atom stereocenters. The van der Waals surface area contributed by atoms with Crippen LogP contribution in [0.15, 0.2) is 57.3 Å². The predicted octanol–water partition coefficient (Wildman–Crippen LogP) is 6.67. The minimum absolute atomic E-state index is 0.205. The van der Waals surface area contributed by atoms with Crippen LogP contribution in [0.2, 0.25) is 5.02 Å². The van der Waals surface area contributed by atoms with Gasteiger partial charge in [0, 0.05) is 16.0 Å². The lowest BCUT2D eigenvalue weighted by Gasteiger charge is -2.11. The molecule has 0 bridgehead atoms. The first-order chi connectivity index (χ1) is 16.6. The van der Waals surface area contributed by atoms with Gasteiger partial charge in [-0.3, -0.25) is 4.79 Å². The summed E-state index contributed by atoms with van der Waals surface area (Å²) in [5.74, 6) is 1.36. The van der Waals surface area contributed by atoms with Crippen LogP contribution in [0.1, 0.15) is 38.2 Å². The highest BCUT2D eigenvalue weighted by atomic mass is 35.5. The van der Waals surface area contributed by atoms with Crippen LogP contribution in [-0.4, -0.2) is 36.6 Å². The Bertz CT molecular complexity index is 1090. The molecule has 1 aromatic heterocycles. The van der Waals surface area contributed by atoms with Gasteiger partial charge >= 0.3 is 0 Å². The van der Waals surface area contributed by atoms with Crippen molar-refractivity contribution in [3.8, 4) is 22.8 Å². The van der Waals surface area contributed by atoms with Gasteiger partial charge in [-0.05, 0) is 42.3 Å². The predicted molar refractivity (Wildman–Crippen MR) is 142 cm³/mol. The monoisotopic (exact) mass is 517 g/mol. The normalized spacial score (nSPS) is 11.0. The molecule has 1 heterocycles. The van der Waals surface area contributed by atoms with E-state index in [-0.39, 0.29) is 11.7 Å². The van der Waals surface area contributed by atoms with E-state index in [1.807, 2.05) is 47.8 Å². The molecule has 9 heteroatoms. The molecule has 3 aromatic rings. The molecule has 0 saturated carbocycles. The van der Waals surface area contributed by atoms with Crippen LogP contribution in [0.4, 0.5) is 0 Å². The van der Waals surface area contributed by atoms with Gasteiger partial charge in [0.2, 0.25) is 0 Å². The van der Waals surface area contributed by atoms with Crippen molar-refractivity contribution >= 4 is 46.8 Å². The number of hydrogen-bond acceptors (Lipinski definition) is 7. The Hall–Kier alpha value is -2.55. The van der Waals surface area contributed by atoms with Crippen LogP contribution < -0.4 is 14.9 Å². The van der Waals surface area contributed by atoms with E-state index in [1.165, 1.54) is 35.9 Å². The number of nitrogens with one attached hydrogen (secondary N) is 1. The molecule has 1 N–H and O–H groups in total. The summed E-state index contributed by atoms with van der Waals surface area (Å²) in [6, 6.07) is 13.1. The Morgan fingerprint density at radius 1 is 1.18 bits per heavy atom. The summed E-state index contributed by atoms with van der Waals surface area (Å²) in [4.78, 5) is 16.7. The van der Waals surface area contributed by atoms with E-state index in [9.17, 15) is 4.79 Å². The SMILES string of the molecule is CCCCCCOc1ccc(/C=N/NC(=O)CSc2nc(-c3ccc(Cl)cc3)cs2)cc1OC. The number of aromatic nitrogens is 1. The molecular weight excluding hydrogens is 490 g/mol. The summed E-state index contributed by atoms with van der Waals surface area (Å²) in [5.41, 5.74) is 5.21. The standard InChI is InChI=1S/C25H28ClN3O3S2/c1-3-4-5-6-13-32-22-12-7-18(14-23(22)31-2)15-27-29-24(30)17-34-25-28-21(16-33-25)19-8-10-20(26)11-9-19/h7-12,14-16H,3-6,13,17H2,1-2H3,(H,29,30)/b27-15+. The van der Waals surface area contributed by atoms with Crippen molar-refractivity contribution in [3.05, 3.63) is 58.4 Å². The van der Waals surface area contributed by atoms with E-state index in [2.05, 4.69) is 22.4 Å². The molecule has 6 nitrogen and oxygen atoms in total. The highest BCUT2D eigenvalue weighted by molar-refractivity contribution is 8.01. The topological polar surface area (TPSA) is 72.8 Å². The maximum absolute atomic E-state index is 12.2. The fourth-order valence-corrected chi connectivity index (χ4v) is 4.76. The first-order valence-electron chi connectivity index (χ1n) is 11.1. The highest BCUT2D eigenvalue weighted by Crippen LogP contribution is 2.29. The summed E-state index contributed by atoms with van der Waals surface area (Å²) in [6.45, 7) is 2.85. The van der Waals surface area contributed by atoms with Crippen molar-refractivity contribution in [2.75, 3.05) is 19.5 Å². The second kappa shape index (κ2) is 14.0. The van der Waals surface area contributed by atoms with E-state index >= 15 is 0 Å². The fourth-order valence-electron chi connectivity index (χ4n) is 3.01. The molecule has 0 spiro atoms. The quantitative estimate of drug-likeness (QED) is 0.118. The van der Waals surface area contributed by atoms with Gasteiger partial charge in [-0.2, -0.15) is 5.10 Å². The number of unbranched alkanes of at least 4 members (excludes halogenated alkanes) is 3. The van der Waals surface area contributed by atoms with Gasteiger partial charge in [-0.15, -0.1) is 11.3 Å². The van der Waals surface area contributed by atoms with Crippen LogP contribution in [0.25, 0.3) is 11.3 Å². The largest absolute Gasteiger partial charge is 0.493 e. The smallest absolute Gasteiger partial charge is 0.250 e. The number of hydrazone groups is 1. The molecule has 2 aromatic carbocycles. The van der Waals surface area contributed by atoms with Gasteiger partial charge in [-0.1, -0.05) is 61.7 Å². The molecule has 180 valence electrons. The lowest BCUT2D eigenvalue weighted by molar-refractivity contribution is -0.118. The molecule has 34 heavy (non-hydrogen) atoms. The number of methoxy groups -OCH3 is 1. The van der Waals surface area contributed by atoms with Gasteiger partial charge < -0.3 is 9.47 Å². The van der Waals surface area contributed by atoms with Gasteiger partial charge in [-0.25, -0.2) is 10.4 Å². The fraction of sp³-hybridized carbons (Fsp3) is 0.320. The van der Waals surface area contributed by atoms with Crippen LogP contribution in [0.5, 0.6) is 11.5 Å². The Morgan fingerprint density at radius 3 is 2.76 bits per heavy atom. The lowest BCUT2D eigenvalue weighted by Crippen LogP contribution is -2.19. The lowest BCUT2D eigenvalue weighted by atomic mass is 10.2. The maximum atomic E-state index is 12.2. The number of carbonyl (C=O) groups excluding carboxylic acids is 1. The van der Waals surface area contributed by atoms with E-state index in [0.717, 1.165) is 34.0 Å². The molecule has 0 fully saturated rings. The maximum Gasteiger partial charge on any atom is 0.250 e. The molecule has 0 aliphatic rings. The summed E-state index contributed by atoms with van der Waals surface area (Å²) >= 11 is 8.81. The van der Waals surface area contributed by atoms with Crippen LogP contribution in [0.3, 0.4) is 0 Å². The Balaban J connectivity index is 1.45. The Labute approximate surface area is 213 Å². The van der Waals surface area contributed by atoms with Gasteiger partial charge in [0.15, 0.2) is 15.8 Å². The molecule has 1 amide bonds. The van der Waals surface area contributed by atoms with Crippen molar-refractivity contribution in [3.63, 3.8) is 0 Å². The number of nitrogens with zero attached hydrogens (tertiary/aromatic N) is 2. The van der Waals surface area contributed by atoms with Crippen molar-refractivity contribution < 1.29 is 14.3 Å². The van der Waals surface area contributed by atoms with Crippen molar-refractivity contribution in [2.24, 2.45) is 5.10 Å². The van der Waals surface area contributed by atoms with E-state index in [4.69, 9.17) is 21.1 Å². The molecular formula is C25H28ClN3O3S2.